The average Bonchev–Trinajstić information content (AvgIpc) is 3.40. The standard InChI is InChI=1S/C23H27N3O4/c1-15-12-19(16(2)25(15)13-18-10-7-11-30-18)20(27)14-26-21(28)23(3,24-22(26)29)17-8-5-4-6-9-17/h4-6,8-9,12,18H,7,10-11,13-14H2,1-3H3,(H,24,29)/t18-,23-/m1/s1. The van der Waals surface area contributed by atoms with Gasteiger partial charge >= 0.3 is 6.03 Å². The van der Waals surface area contributed by atoms with Crippen molar-refractivity contribution in [2.45, 2.75) is 51.8 Å². The number of amides is 3. The van der Waals surface area contributed by atoms with E-state index in [4.69, 9.17) is 4.74 Å². The Bertz CT molecular complexity index is 991. The molecule has 1 N–H and O–H groups in total. The second-order valence-corrected chi connectivity index (χ2v) is 8.27. The number of nitrogens with zero attached hydrogens (tertiary/aromatic N) is 2. The first-order chi connectivity index (χ1) is 14.3. The van der Waals surface area contributed by atoms with E-state index < -0.39 is 17.5 Å². The fourth-order valence-corrected chi connectivity index (χ4v) is 4.39. The molecule has 0 unspecified atom stereocenters. The van der Waals surface area contributed by atoms with Crippen LogP contribution in [0.25, 0.3) is 0 Å². The fraction of sp³-hybridized carbons (Fsp3) is 0.435. The van der Waals surface area contributed by atoms with E-state index in [-0.39, 0.29) is 18.4 Å². The Hall–Kier alpha value is -2.93. The van der Waals surface area contributed by atoms with Crippen LogP contribution in [0.3, 0.4) is 0 Å². The van der Waals surface area contributed by atoms with Gasteiger partial charge in [0.2, 0.25) is 0 Å². The quantitative estimate of drug-likeness (QED) is 0.588. The zero-order valence-corrected chi connectivity index (χ0v) is 17.6. The molecular weight excluding hydrogens is 382 g/mol. The van der Waals surface area contributed by atoms with Crippen molar-refractivity contribution in [3.8, 4) is 0 Å². The molecule has 158 valence electrons. The van der Waals surface area contributed by atoms with E-state index in [9.17, 15) is 14.4 Å². The third-order valence-electron chi connectivity index (χ3n) is 6.21. The summed E-state index contributed by atoms with van der Waals surface area (Å²) in [5.74, 6) is -0.664. The van der Waals surface area contributed by atoms with E-state index in [2.05, 4.69) is 9.88 Å². The lowest BCUT2D eigenvalue weighted by molar-refractivity contribution is -0.130. The third kappa shape index (κ3) is 3.43. The Balaban J connectivity index is 1.53. The average molecular weight is 409 g/mol. The molecule has 0 saturated carbocycles. The molecule has 0 spiro atoms. The lowest BCUT2D eigenvalue weighted by atomic mass is 9.92. The Kier molecular flexibility index (Phi) is 5.24. The molecule has 30 heavy (non-hydrogen) atoms. The first-order valence-electron chi connectivity index (χ1n) is 10.3. The van der Waals surface area contributed by atoms with Gasteiger partial charge in [0.1, 0.15) is 5.54 Å². The molecule has 1 aromatic carbocycles. The van der Waals surface area contributed by atoms with Crippen molar-refractivity contribution in [3.05, 3.63) is 58.9 Å². The number of nitrogens with one attached hydrogen (secondary N) is 1. The highest BCUT2D eigenvalue weighted by atomic mass is 16.5. The summed E-state index contributed by atoms with van der Waals surface area (Å²) < 4.78 is 7.81. The van der Waals surface area contributed by atoms with Gasteiger partial charge in [0.15, 0.2) is 5.78 Å². The summed E-state index contributed by atoms with van der Waals surface area (Å²) in [6.45, 7) is 6.73. The van der Waals surface area contributed by atoms with Crippen LogP contribution in [-0.2, 0) is 21.6 Å². The van der Waals surface area contributed by atoms with Crippen molar-refractivity contribution in [3.63, 3.8) is 0 Å². The van der Waals surface area contributed by atoms with E-state index in [0.717, 1.165) is 35.7 Å². The monoisotopic (exact) mass is 409 g/mol. The smallest absolute Gasteiger partial charge is 0.325 e. The molecule has 0 bridgehead atoms. The Morgan fingerprint density at radius 1 is 1.23 bits per heavy atom. The van der Waals surface area contributed by atoms with E-state index in [1.54, 1.807) is 19.1 Å². The predicted octanol–water partition coefficient (Wildman–Crippen LogP) is 2.93. The molecule has 2 fully saturated rings. The molecular formula is C23H27N3O4. The minimum atomic E-state index is -1.17. The number of ketones is 1. The molecule has 7 nitrogen and oxygen atoms in total. The van der Waals surface area contributed by atoms with Crippen LogP contribution in [0.1, 0.15) is 47.1 Å². The van der Waals surface area contributed by atoms with Crippen molar-refractivity contribution in [1.29, 1.82) is 0 Å². The number of carbonyl (C=O) groups excluding carboxylic acids is 3. The number of hydrogen-bond donors (Lipinski definition) is 1. The van der Waals surface area contributed by atoms with Gasteiger partial charge < -0.3 is 14.6 Å². The molecule has 3 amide bonds. The van der Waals surface area contributed by atoms with E-state index in [1.165, 1.54) is 0 Å². The van der Waals surface area contributed by atoms with Crippen LogP contribution in [0.4, 0.5) is 4.79 Å². The Morgan fingerprint density at radius 2 is 1.97 bits per heavy atom. The number of hydrogen-bond acceptors (Lipinski definition) is 4. The molecule has 4 rings (SSSR count). The van der Waals surface area contributed by atoms with Gasteiger partial charge in [-0.05, 0) is 45.2 Å². The third-order valence-corrected chi connectivity index (χ3v) is 6.21. The second-order valence-electron chi connectivity index (χ2n) is 8.27. The summed E-state index contributed by atoms with van der Waals surface area (Å²) in [5, 5.41) is 2.75. The SMILES string of the molecule is Cc1cc(C(=O)CN2C(=O)N[C@](C)(c3ccccc3)C2=O)c(C)n1C[C@H]1CCCO1. The van der Waals surface area contributed by atoms with Crippen LogP contribution in [-0.4, -0.2) is 46.4 Å². The number of benzene rings is 1. The Morgan fingerprint density at radius 3 is 2.63 bits per heavy atom. The highest BCUT2D eigenvalue weighted by Gasteiger charge is 2.49. The summed E-state index contributed by atoms with van der Waals surface area (Å²) in [4.78, 5) is 39.7. The van der Waals surface area contributed by atoms with Gasteiger partial charge in [0, 0.05) is 30.1 Å². The predicted molar refractivity (Wildman–Crippen MR) is 111 cm³/mol. The number of carbonyl (C=O) groups is 3. The van der Waals surface area contributed by atoms with Gasteiger partial charge in [-0.3, -0.25) is 14.5 Å². The maximum Gasteiger partial charge on any atom is 0.325 e. The van der Waals surface area contributed by atoms with Gasteiger partial charge in [-0.1, -0.05) is 30.3 Å². The lowest BCUT2D eigenvalue weighted by Gasteiger charge is -2.22. The summed E-state index contributed by atoms with van der Waals surface area (Å²) >= 11 is 0. The maximum absolute atomic E-state index is 13.1. The molecule has 0 radical (unpaired) electrons. The van der Waals surface area contributed by atoms with Gasteiger partial charge in [-0.2, -0.15) is 0 Å². The molecule has 7 heteroatoms. The normalized spacial score (nSPS) is 23.8. The second kappa shape index (κ2) is 7.72. The van der Waals surface area contributed by atoms with Gasteiger partial charge in [-0.25, -0.2) is 4.79 Å². The summed E-state index contributed by atoms with van der Waals surface area (Å²) in [6, 6.07) is 10.4. The van der Waals surface area contributed by atoms with E-state index in [1.807, 2.05) is 38.1 Å². The number of imide groups is 1. The van der Waals surface area contributed by atoms with Crippen molar-refractivity contribution < 1.29 is 19.1 Å². The first-order valence-corrected chi connectivity index (χ1v) is 10.3. The number of urea groups is 1. The number of Topliss-reactive ketones (excluding diaryl/α,β-unsaturated/α-hetero) is 1. The van der Waals surface area contributed by atoms with Crippen LogP contribution >= 0.6 is 0 Å². The molecule has 1 aromatic heterocycles. The van der Waals surface area contributed by atoms with Crippen molar-refractivity contribution in [2.24, 2.45) is 0 Å². The van der Waals surface area contributed by atoms with Crippen LogP contribution < -0.4 is 5.32 Å². The van der Waals surface area contributed by atoms with E-state index >= 15 is 0 Å². The van der Waals surface area contributed by atoms with Crippen molar-refractivity contribution in [2.75, 3.05) is 13.2 Å². The lowest BCUT2D eigenvalue weighted by Crippen LogP contribution is -2.41. The van der Waals surface area contributed by atoms with Crippen LogP contribution in [0.15, 0.2) is 36.4 Å². The van der Waals surface area contributed by atoms with Crippen LogP contribution in [0.5, 0.6) is 0 Å². The minimum Gasteiger partial charge on any atom is -0.376 e. The van der Waals surface area contributed by atoms with Gasteiger partial charge in [0.25, 0.3) is 5.91 Å². The number of aryl methyl sites for hydroxylation is 1. The molecule has 3 heterocycles. The topological polar surface area (TPSA) is 80.6 Å². The van der Waals surface area contributed by atoms with Crippen LogP contribution in [0.2, 0.25) is 0 Å². The summed E-state index contributed by atoms with van der Waals surface area (Å²) in [5.41, 5.74) is 1.87. The molecule has 2 saturated heterocycles. The first kappa shape index (κ1) is 20.3. The molecule has 2 aliphatic heterocycles. The molecule has 2 aliphatic rings. The maximum atomic E-state index is 13.1. The minimum absolute atomic E-state index is 0.162. The highest BCUT2D eigenvalue weighted by molar-refractivity contribution is 6.11. The zero-order valence-electron chi connectivity index (χ0n) is 17.6. The van der Waals surface area contributed by atoms with Gasteiger partial charge in [-0.15, -0.1) is 0 Å². The fourth-order valence-electron chi connectivity index (χ4n) is 4.39. The van der Waals surface area contributed by atoms with Crippen molar-refractivity contribution >= 4 is 17.7 Å². The Labute approximate surface area is 176 Å². The molecule has 2 aromatic rings. The van der Waals surface area contributed by atoms with Crippen molar-refractivity contribution in [1.82, 2.24) is 14.8 Å². The molecule has 0 aliphatic carbocycles. The van der Waals surface area contributed by atoms with E-state index in [0.29, 0.717) is 17.7 Å². The van der Waals surface area contributed by atoms with Crippen LogP contribution in [0, 0.1) is 13.8 Å². The number of ether oxygens (including phenoxy) is 1. The number of rotatable bonds is 6. The summed E-state index contributed by atoms with van der Waals surface area (Å²) in [7, 11) is 0. The largest absolute Gasteiger partial charge is 0.376 e. The summed E-state index contributed by atoms with van der Waals surface area (Å²) in [6.07, 6.45) is 2.23. The molecule has 2 atom stereocenters. The zero-order chi connectivity index (χ0) is 21.5. The number of aromatic nitrogens is 1. The highest BCUT2D eigenvalue weighted by Crippen LogP contribution is 2.29. The van der Waals surface area contributed by atoms with Gasteiger partial charge in [0.05, 0.1) is 12.6 Å².